The number of nitrogens with two attached hydrogens (primary N) is 1. The molecule has 0 aliphatic carbocycles. The Morgan fingerprint density at radius 2 is 2.11 bits per heavy atom. The van der Waals surface area contributed by atoms with Gasteiger partial charge in [-0.15, -0.1) is 0 Å². The van der Waals surface area contributed by atoms with E-state index in [1.165, 1.54) is 6.07 Å². The molecule has 2 aromatic rings. The lowest BCUT2D eigenvalue weighted by Crippen LogP contribution is -2.25. The monoisotopic (exact) mass is 333 g/mol. The van der Waals surface area contributed by atoms with Crippen LogP contribution in [0.1, 0.15) is 6.42 Å². The lowest BCUT2D eigenvalue weighted by Gasteiger charge is -2.04. The smallest absolute Gasteiger partial charge is 0.368 e. The molecule has 1 heterocycles. The number of aryl methyl sites for hydroxylation is 1. The number of nitrogen functional groups attached to an aromatic ring is 1. The molecular weight excluding hydrogens is 324 g/mol. The summed E-state index contributed by atoms with van der Waals surface area (Å²) in [5.74, 6) is -0.666. The molecule has 0 saturated heterocycles. The third-order valence-electron chi connectivity index (χ3n) is 2.44. The van der Waals surface area contributed by atoms with Gasteiger partial charge in [-0.05, 0) is 44.9 Å². The van der Waals surface area contributed by atoms with Gasteiger partial charge in [0.25, 0.3) is 0 Å². The van der Waals surface area contributed by atoms with E-state index in [-0.39, 0.29) is 24.3 Å². The summed E-state index contributed by atoms with van der Waals surface area (Å²) >= 11 is 3.08. The number of rotatable bonds is 4. The van der Waals surface area contributed by atoms with Gasteiger partial charge in [0.05, 0.1) is 13.2 Å². The Balaban J connectivity index is 2.45. The minimum absolute atomic E-state index is 0.0863. The molecule has 102 valence electrons. The lowest BCUT2D eigenvalue weighted by atomic mass is 10.3. The van der Waals surface area contributed by atoms with Crippen molar-refractivity contribution in [1.82, 2.24) is 19.8 Å². The van der Waals surface area contributed by atoms with E-state index in [0.29, 0.717) is 4.47 Å². The topological polar surface area (TPSA) is 78.7 Å². The Hall–Kier alpha value is -1.77. The van der Waals surface area contributed by atoms with Crippen molar-refractivity contribution >= 4 is 21.6 Å². The summed E-state index contributed by atoms with van der Waals surface area (Å²) < 4.78 is 28.0. The number of tetrazole rings is 1. The molecule has 0 amide bonds. The molecule has 0 bridgehead atoms. The van der Waals surface area contributed by atoms with Crippen molar-refractivity contribution in [2.45, 2.75) is 13.0 Å². The summed E-state index contributed by atoms with van der Waals surface area (Å²) in [5.41, 5.74) is 5.15. The summed E-state index contributed by atoms with van der Waals surface area (Å²) in [6.45, 7) is -0.484. The van der Waals surface area contributed by atoms with Crippen molar-refractivity contribution in [2.75, 3.05) is 12.4 Å². The highest BCUT2D eigenvalue weighted by atomic mass is 79.9. The van der Waals surface area contributed by atoms with E-state index in [0.717, 1.165) is 15.4 Å². The quantitative estimate of drug-likeness (QED) is 0.854. The van der Waals surface area contributed by atoms with Crippen LogP contribution in [0.15, 0.2) is 21.4 Å². The standard InChI is InChI=1S/C10H10BrF2N5O/c11-6-4-7(13)9(5-8(6)14)18-10(19)17(15-16-18)3-1-2-12/h4-5H,1-3,14H2. The maximum Gasteiger partial charge on any atom is 0.368 e. The van der Waals surface area contributed by atoms with Gasteiger partial charge in [-0.25, -0.2) is 9.18 Å². The van der Waals surface area contributed by atoms with Crippen molar-refractivity contribution in [3.05, 3.63) is 32.9 Å². The zero-order valence-electron chi connectivity index (χ0n) is 9.68. The Bertz CT molecular complexity index is 654. The molecule has 2 rings (SSSR count). The maximum absolute atomic E-state index is 13.8. The number of benzene rings is 1. The fourth-order valence-corrected chi connectivity index (χ4v) is 1.81. The second-order valence-electron chi connectivity index (χ2n) is 3.76. The van der Waals surface area contributed by atoms with Gasteiger partial charge in [-0.2, -0.15) is 9.36 Å². The molecule has 0 radical (unpaired) electrons. The van der Waals surface area contributed by atoms with Crippen LogP contribution >= 0.6 is 15.9 Å². The van der Waals surface area contributed by atoms with Crippen LogP contribution in [0.3, 0.4) is 0 Å². The van der Waals surface area contributed by atoms with Gasteiger partial charge in [-0.1, -0.05) is 0 Å². The van der Waals surface area contributed by atoms with Gasteiger partial charge in [0, 0.05) is 10.2 Å². The van der Waals surface area contributed by atoms with Crippen LogP contribution in [0.5, 0.6) is 0 Å². The first-order chi connectivity index (χ1) is 9.04. The molecule has 0 fully saturated rings. The molecule has 0 unspecified atom stereocenters. The summed E-state index contributed by atoms with van der Waals surface area (Å²) in [6, 6.07) is 2.41. The van der Waals surface area contributed by atoms with E-state index in [1.54, 1.807) is 0 Å². The molecule has 0 atom stereocenters. The van der Waals surface area contributed by atoms with E-state index in [1.807, 2.05) is 0 Å². The third kappa shape index (κ3) is 2.65. The largest absolute Gasteiger partial charge is 0.398 e. The first kappa shape index (κ1) is 13.7. The molecule has 0 saturated carbocycles. The average molecular weight is 334 g/mol. The fourth-order valence-electron chi connectivity index (χ4n) is 1.49. The van der Waals surface area contributed by atoms with Crippen LogP contribution in [0.25, 0.3) is 5.69 Å². The number of alkyl halides is 1. The Labute approximate surface area is 114 Å². The first-order valence-electron chi connectivity index (χ1n) is 5.38. The van der Waals surface area contributed by atoms with Gasteiger partial charge in [0.1, 0.15) is 11.5 Å². The number of anilines is 1. The first-order valence-corrected chi connectivity index (χ1v) is 6.17. The zero-order chi connectivity index (χ0) is 14.0. The molecule has 0 spiro atoms. The van der Waals surface area contributed by atoms with Gasteiger partial charge >= 0.3 is 5.69 Å². The predicted octanol–water partition coefficient (Wildman–Crippen LogP) is 1.27. The molecule has 0 aliphatic heterocycles. The summed E-state index contributed by atoms with van der Waals surface area (Å²) in [7, 11) is 0. The van der Waals surface area contributed by atoms with Gasteiger partial charge < -0.3 is 5.73 Å². The van der Waals surface area contributed by atoms with Crippen LogP contribution in [0, 0.1) is 5.82 Å². The second kappa shape index (κ2) is 5.47. The number of hydrogen-bond acceptors (Lipinski definition) is 4. The minimum Gasteiger partial charge on any atom is -0.398 e. The molecular formula is C10H10BrF2N5O. The van der Waals surface area contributed by atoms with Crippen molar-refractivity contribution < 1.29 is 8.78 Å². The Kier molecular flexibility index (Phi) is 3.93. The summed E-state index contributed by atoms with van der Waals surface area (Å²) in [5, 5.41) is 7.11. The predicted molar refractivity (Wildman–Crippen MR) is 68.3 cm³/mol. The van der Waals surface area contributed by atoms with Gasteiger partial charge in [-0.3, -0.25) is 4.39 Å². The van der Waals surface area contributed by atoms with E-state index >= 15 is 0 Å². The summed E-state index contributed by atoms with van der Waals surface area (Å²) in [4.78, 5) is 11.9. The van der Waals surface area contributed by atoms with Gasteiger partial charge in [0.15, 0.2) is 0 Å². The Morgan fingerprint density at radius 1 is 1.37 bits per heavy atom. The molecule has 19 heavy (non-hydrogen) atoms. The molecule has 1 aromatic carbocycles. The normalized spacial score (nSPS) is 10.9. The van der Waals surface area contributed by atoms with E-state index in [4.69, 9.17) is 5.73 Å². The highest BCUT2D eigenvalue weighted by Gasteiger charge is 2.14. The Morgan fingerprint density at radius 3 is 2.79 bits per heavy atom. The highest BCUT2D eigenvalue weighted by molar-refractivity contribution is 9.10. The van der Waals surface area contributed by atoms with E-state index in [9.17, 15) is 13.6 Å². The second-order valence-corrected chi connectivity index (χ2v) is 4.62. The highest BCUT2D eigenvalue weighted by Crippen LogP contribution is 2.24. The van der Waals surface area contributed by atoms with E-state index < -0.39 is 18.2 Å². The van der Waals surface area contributed by atoms with Crippen LogP contribution in [-0.4, -0.2) is 26.5 Å². The average Bonchev–Trinajstić information content (AvgIpc) is 2.73. The van der Waals surface area contributed by atoms with Crippen molar-refractivity contribution in [2.24, 2.45) is 0 Å². The fraction of sp³-hybridized carbons (Fsp3) is 0.300. The van der Waals surface area contributed by atoms with Crippen LogP contribution < -0.4 is 11.4 Å². The van der Waals surface area contributed by atoms with Crippen LogP contribution in [-0.2, 0) is 6.54 Å². The maximum atomic E-state index is 13.8. The number of halogens is 3. The lowest BCUT2D eigenvalue weighted by molar-refractivity contribution is 0.427. The molecule has 9 heteroatoms. The molecule has 2 N–H and O–H groups in total. The zero-order valence-corrected chi connectivity index (χ0v) is 11.3. The third-order valence-corrected chi connectivity index (χ3v) is 3.12. The van der Waals surface area contributed by atoms with Crippen molar-refractivity contribution in [3.8, 4) is 5.69 Å². The number of aromatic nitrogens is 4. The van der Waals surface area contributed by atoms with Crippen LogP contribution in [0.2, 0.25) is 0 Å². The minimum atomic E-state index is -0.666. The van der Waals surface area contributed by atoms with Gasteiger partial charge in [0.2, 0.25) is 0 Å². The van der Waals surface area contributed by atoms with Crippen molar-refractivity contribution in [3.63, 3.8) is 0 Å². The van der Waals surface area contributed by atoms with Crippen molar-refractivity contribution in [1.29, 1.82) is 0 Å². The van der Waals surface area contributed by atoms with Crippen LogP contribution in [0.4, 0.5) is 14.5 Å². The number of hydrogen-bond donors (Lipinski definition) is 1. The molecule has 6 nitrogen and oxygen atoms in total. The summed E-state index contributed by atoms with van der Waals surface area (Å²) in [6.07, 6.45) is 0.142. The molecule has 0 aliphatic rings. The SMILES string of the molecule is Nc1cc(-n2nnn(CCCF)c2=O)c(F)cc1Br. The molecule has 1 aromatic heterocycles. The number of nitrogens with zero attached hydrogens (tertiary/aromatic N) is 4. The van der Waals surface area contributed by atoms with E-state index in [2.05, 4.69) is 26.4 Å².